The first-order valence-electron chi connectivity index (χ1n) is 8.51. The highest BCUT2D eigenvalue weighted by Crippen LogP contribution is 2.30. The van der Waals surface area contributed by atoms with Gasteiger partial charge >= 0.3 is 12.2 Å². The number of anilines is 1. The number of carbonyl (C=O) groups excluding carboxylic acids is 2. The molecule has 0 saturated carbocycles. The minimum Gasteiger partial charge on any atom is -0.351 e. The van der Waals surface area contributed by atoms with Crippen molar-refractivity contribution in [2.45, 2.75) is 11.1 Å². The number of carbonyl (C=O) groups is 2. The molecule has 0 spiro atoms. The fourth-order valence-electron chi connectivity index (χ4n) is 2.37. The summed E-state index contributed by atoms with van der Waals surface area (Å²) in [6.07, 6.45) is -4.30. The van der Waals surface area contributed by atoms with Crippen LogP contribution in [0.25, 0.3) is 0 Å². The quantitative estimate of drug-likeness (QED) is 0.346. The lowest BCUT2D eigenvalue weighted by atomic mass is 10.1. The van der Waals surface area contributed by atoms with E-state index in [1.165, 1.54) is 42.5 Å². The van der Waals surface area contributed by atoms with Crippen molar-refractivity contribution in [3.05, 3.63) is 94.8 Å². The number of rotatable bonds is 2. The Balaban J connectivity index is 0.000000262. The lowest BCUT2D eigenvalue weighted by Crippen LogP contribution is -2.41. The van der Waals surface area contributed by atoms with Crippen LogP contribution < -0.4 is 10.6 Å². The van der Waals surface area contributed by atoms with Crippen LogP contribution in [-0.2, 0) is 6.18 Å². The maximum absolute atomic E-state index is 13.6. The van der Waals surface area contributed by atoms with Gasteiger partial charge in [0, 0.05) is 9.92 Å². The molecular weight excluding hydrogens is 456 g/mol. The van der Waals surface area contributed by atoms with Gasteiger partial charge in [0.15, 0.2) is 0 Å². The van der Waals surface area contributed by atoms with E-state index in [4.69, 9.17) is 17.3 Å². The van der Waals surface area contributed by atoms with Crippen LogP contribution in [0.5, 0.6) is 0 Å². The summed E-state index contributed by atoms with van der Waals surface area (Å²) in [4.78, 5) is 25.1. The second kappa shape index (κ2) is 10.3. The van der Waals surface area contributed by atoms with E-state index in [1.54, 1.807) is 12.1 Å². The number of nitrogens with zero attached hydrogens (tertiary/aromatic N) is 1. The number of nitrogens with two attached hydrogens (primary N) is 1. The summed E-state index contributed by atoms with van der Waals surface area (Å²) in [6.45, 7) is 0. The fraction of sp³-hybridized carbons (Fsp3) is 0.0476. The highest BCUT2D eigenvalue weighted by molar-refractivity contribution is 7.80. The average Bonchev–Trinajstić information content (AvgIpc) is 2.69. The third kappa shape index (κ3) is 6.73. The van der Waals surface area contributed by atoms with E-state index in [-0.39, 0.29) is 16.3 Å². The van der Waals surface area contributed by atoms with Crippen LogP contribution in [0.4, 0.5) is 28.0 Å². The Morgan fingerprint density at radius 3 is 2.03 bits per heavy atom. The van der Waals surface area contributed by atoms with Gasteiger partial charge < -0.3 is 5.73 Å². The van der Waals surface area contributed by atoms with Gasteiger partial charge in [0.1, 0.15) is 5.82 Å². The lowest BCUT2D eigenvalue weighted by molar-refractivity contribution is -0.137. The molecule has 4 nitrogen and oxygen atoms in total. The molecule has 3 amide bonds. The van der Waals surface area contributed by atoms with E-state index in [2.05, 4.69) is 12.6 Å². The predicted molar refractivity (Wildman–Crippen MR) is 113 cm³/mol. The molecule has 0 atom stereocenters. The van der Waals surface area contributed by atoms with Gasteiger partial charge in [0.25, 0.3) is 5.91 Å². The highest BCUT2D eigenvalue weighted by atomic mass is 35.5. The van der Waals surface area contributed by atoms with Crippen molar-refractivity contribution in [2.75, 3.05) is 4.90 Å². The third-order valence-corrected chi connectivity index (χ3v) is 4.32. The molecule has 0 aliphatic rings. The van der Waals surface area contributed by atoms with Crippen molar-refractivity contribution in [1.82, 2.24) is 0 Å². The van der Waals surface area contributed by atoms with E-state index >= 15 is 0 Å². The van der Waals surface area contributed by atoms with E-state index in [0.29, 0.717) is 9.80 Å². The summed E-state index contributed by atoms with van der Waals surface area (Å²) in [7, 11) is 0. The molecule has 0 aliphatic heterocycles. The molecule has 162 valence electrons. The van der Waals surface area contributed by atoms with Crippen LogP contribution in [0.3, 0.4) is 0 Å². The summed E-state index contributed by atoms with van der Waals surface area (Å²) in [6, 6.07) is 15.2. The van der Waals surface area contributed by atoms with Crippen molar-refractivity contribution < 1.29 is 27.2 Å². The largest absolute Gasteiger partial charge is 0.416 e. The van der Waals surface area contributed by atoms with Gasteiger partial charge in [0.05, 0.1) is 16.8 Å². The maximum atomic E-state index is 13.6. The lowest BCUT2D eigenvalue weighted by Gasteiger charge is -2.19. The number of amides is 3. The van der Waals surface area contributed by atoms with Crippen LogP contribution in [-0.4, -0.2) is 11.9 Å². The molecule has 2 N–H and O–H groups in total. The highest BCUT2D eigenvalue weighted by Gasteiger charge is 2.30. The Labute approximate surface area is 185 Å². The van der Waals surface area contributed by atoms with Gasteiger partial charge in [-0.05, 0) is 54.6 Å². The second-order valence-corrected chi connectivity index (χ2v) is 6.94. The minimum atomic E-state index is -4.30. The Morgan fingerprint density at radius 2 is 1.55 bits per heavy atom. The molecule has 0 saturated heterocycles. The van der Waals surface area contributed by atoms with Crippen LogP contribution in [0, 0.1) is 5.82 Å². The zero-order valence-corrected chi connectivity index (χ0v) is 17.3. The summed E-state index contributed by atoms with van der Waals surface area (Å²) in [5.41, 5.74) is 4.53. The van der Waals surface area contributed by atoms with E-state index < -0.39 is 29.5 Å². The average molecular weight is 471 g/mol. The van der Waals surface area contributed by atoms with E-state index in [9.17, 15) is 27.2 Å². The Bertz CT molecular complexity index is 1080. The van der Waals surface area contributed by atoms with Gasteiger partial charge in [-0.25, -0.2) is 14.1 Å². The third-order valence-electron chi connectivity index (χ3n) is 3.79. The van der Waals surface area contributed by atoms with Crippen LogP contribution >= 0.6 is 24.2 Å². The van der Waals surface area contributed by atoms with Crippen molar-refractivity contribution in [2.24, 2.45) is 5.73 Å². The summed E-state index contributed by atoms with van der Waals surface area (Å²) in [5, 5.41) is 0.0971. The second-order valence-electron chi connectivity index (χ2n) is 5.98. The normalized spacial score (nSPS) is 10.6. The molecule has 0 aliphatic carbocycles. The van der Waals surface area contributed by atoms with Crippen LogP contribution in [0.1, 0.15) is 15.9 Å². The van der Waals surface area contributed by atoms with Gasteiger partial charge in [-0.3, -0.25) is 4.79 Å². The van der Waals surface area contributed by atoms with Crippen molar-refractivity contribution in [3.63, 3.8) is 0 Å². The number of thiol groups is 1. The summed E-state index contributed by atoms with van der Waals surface area (Å²) < 4.78 is 49.4. The first kappa shape index (κ1) is 24.2. The van der Waals surface area contributed by atoms with Gasteiger partial charge in [0.2, 0.25) is 0 Å². The van der Waals surface area contributed by atoms with Crippen molar-refractivity contribution in [3.8, 4) is 0 Å². The zero-order chi connectivity index (χ0) is 23.2. The van der Waals surface area contributed by atoms with E-state index in [1.807, 2.05) is 0 Å². The maximum Gasteiger partial charge on any atom is 0.416 e. The Morgan fingerprint density at radius 1 is 0.935 bits per heavy atom. The molecule has 0 aromatic heterocycles. The number of halogens is 5. The number of hydrogen-bond acceptors (Lipinski definition) is 3. The molecule has 10 heteroatoms. The van der Waals surface area contributed by atoms with Crippen molar-refractivity contribution >= 4 is 41.9 Å². The number of urea groups is 1. The Hall–Kier alpha value is -3.04. The monoisotopic (exact) mass is 470 g/mol. The number of hydrogen-bond donors (Lipinski definition) is 2. The number of alkyl halides is 3. The molecule has 0 heterocycles. The predicted octanol–water partition coefficient (Wildman–Crippen LogP) is 6.20. The SMILES string of the molecule is FC(F)(F)c1cccc(Cl)c1.NC(=O)N(C(=O)c1ccccc1F)c1ccc(S)cc1. The fourth-order valence-corrected chi connectivity index (χ4v) is 2.71. The molecule has 31 heavy (non-hydrogen) atoms. The molecule has 0 bridgehead atoms. The van der Waals surface area contributed by atoms with Gasteiger partial charge in [-0.15, -0.1) is 12.6 Å². The zero-order valence-electron chi connectivity index (χ0n) is 15.6. The van der Waals surface area contributed by atoms with Crippen LogP contribution in [0.15, 0.2) is 77.7 Å². The molecule has 0 fully saturated rings. The summed E-state index contributed by atoms with van der Waals surface area (Å²) in [5.74, 6) is -1.53. The van der Waals surface area contributed by atoms with E-state index in [0.717, 1.165) is 18.2 Å². The first-order valence-corrected chi connectivity index (χ1v) is 9.33. The standard InChI is InChI=1S/C14H11FN2O2S.C7H4ClF3/c15-12-4-2-1-3-11(12)13(18)17(14(16)19)9-5-7-10(20)8-6-9;8-6-3-1-2-5(4-6)7(9,10)11/h1-8,20H,(H2,16,19);1-4H. The Kier molecular flexibility index (Phi) is 8.07. The number of primary amides is 1. The molecule has 3 aromatic carbocycles. The number of benzene rings is 3. The van der Waals surface area contributed by atoms with Gasteiger partial charge in [-0.1, -0.05) is 29.8 Å². The molecule has 3 rings (SSSR count). The minimum absolute atomic E-state index is 0.0971. The number of imide groups is 1. The molecule has 3 aromatic rings. The van der Waals surface area contributed by atoms with Crippen molar-refractivity contribution in [1.29, 1.82) is 0 Å². The topological polar surface area (TPSA) is 63.4 Å². The van der Waals surface area contributed by atoms with Gasteiger partial charge in [-0.2, -0.15) is 13.2 Å². The van der Waals surface area contributed by atoms with Crippen LogP contribution in [0.2, 0.25) is 5.02 Å². The first-order chi connectivity index (χ1) is 14.5. The molecular formula is C21H15ClF4N2O2S. The molecule has 0 radical (unpaired) electrons. The summed E-state index contributed by atoms with van der Waals surface area (Å²) >= 11 is 9.46. The smallest absolute Gasteiger partial charge is 0.351 e. The molecule has 0 unspecified atom stereocenters.